The summed E-state index contributed by atoms with van der Waals surface area (Å²) in [5.74, 6) is -2.29. The largest absolute Gasteiger partial charge is 0.493 e. The predicted molar refractivity (Wildman–Crippen MR) is 96.7 cm³/mol. The molecule has 0 saturated carbocycles. The van der Waals surface area contributed by atoms with Gasteiger partial charge < -0.3 is 14.2 Å². The van der Waals surface area contributed by atoms with Crippen LogP contribution in [0.1, 0.15) is 23.0 Å². The summed E-state index contributed by atoms with van der Waals surface area (Å²) in [6.07, 6.45) is -0.103. The van der Waals surface area contributed by atoms with E-state index in [1.807, 2.05) is 0 Å². The third-order valence-electron chi connectivity index (χ3n) is 3.34. The molecular formula is C16H15F2N3O7S. The topological polar surface area (TPSA) is 130 Å². The molecular weight excluding hydrogens is 416 g/mol. The number of nitrogens with zero attached hydrogens (tertiary/aromatic N) is 2. The Balaban J connectivity index is 2.27. The highest BCUT2D eigenvalue weighted by molar-refractivity contribution is 7.14. The fraction of sp³-hybridized carbons (Fsp3) is 0.312. The van der Waals surface area contributed by atoms with E-state index in [9.17, 15) is 28.5 Å². The molecule has 13 heteroatoms. The normalized spacial score (nSPS) is 10.5. The second kappa shape index (κ2) is 9.73. The molecule has 0 aliphatic carbocycles. The minimum Gasteiger partial charge on any atom is -0.493 e. The number of nitro benzene ring substituents is 1. The van der Waals surface area contributed by atoms with Gasteiger partial charge >= 0.3 is 12.6 Å². The van der Waals surface area contributed by atoms with Gasteiger partial charge in [-0.05, 0) is 6.92 Å². The SMILES string of the molecule is CCOC(=O)Cc1csc(NC(=O)c2cc(OC)c(OC(F)F)cc2[N+](=O)[O-])n1. The van der Waals surface area contributed by atoms with Gasteiger partial charge in [0.2, 0.25) is 0 Å². The highest BCUT2D eigenvalue weighted by Crippen LogP contribution is 2.36. The maximum atomic E-state index is 12.5. The quantitative estimate of drug-likeness (QED) is 0.364. The molecule has 0 spiro atoms. The van der Waals surface area contributed by atoms with E-state index in [1.54, 1.807) is 6.92 Å². The summed E-state index contributed by atoms with van der Waals surface area (Å²) < 4.78 is 38.8. The van der Waals surface area contributed by atoms with E-state index >= 15 is 0 Å². The number of halogens is 2. The van der Waals surface area contributed by atoms with Gasteiger partial charge in [0.05, 0.1) is 36.8 Å². The summed E-state index contributed by atoms with van der Waals surface area (Å²) in [5, 5.41) is 15.2. The average Bonchev–Trinajstić information content (AvgIpc) is 3.07. The molecule has 1 aromatic heterocycles. The maximum absolute atomic E-state index is 12.5. The molecule has 0 aliphatic heterocycles. The highest BCUT2D eigenvalue weighted by Gasteiger charge is 2.26. The van der Waals surface area contributed by atoms with Crippen LogP contribution in [0, 0.1) is 10.1 Å². The Morgan fingerprint density at radius 3 is 2.66 bits per heavy atom. The van der Waals surface area contributed by atoms with Crippen molar-refractivity contribution in [2.24, 2.45) is 0 Å². The van der Waals surface area contributed by atoms with Crippen molar-refractivity contribution in [1.29, 1.82) is 0 Å². The number of amides is 1. The number of rotatable bonds is 9. The smallest absolute Gasteiger partial charge is 0.387 e. The Labute approximate surface area is 166 Å². The number of alkyl halides is 2. The lowest BCUT2D eigenvalue weighted by molar-refractivity contribution is -0.385. The zero-order valence-electron chi connectivity index (χ0n) is 15.1. The van der Waals surface area contributed by atoms with Crippen LogP contribution in [0.4, 0.5) is 19.6 Å². The van der Waals surface area contributed by atoms with Crippen LogP contribution < -0.4 is 14.8 Å². The van der Waals surface area contributed by atoms with Gasteiger partial charge in [0, 0.05) is 11.4 Å². The molecule has 1 N–H and O–H groups in total. The van der Waals surface area contributed by atoms with Crippen LogP contribution in [-0.4, -0.2) is 42.1 Å². The molecule has 0 radical (unpaired) electrons. The highest BCUT2D eigenvalue weighted by atomic mass is 32.1. The summed E-state index contributed by atoms with van der Waals surface area (Å²) in [6, 6.07) is 1.59. The Kier molecular flexibility index (Phi) is 7.36. The van der Waals surface area contributed by atoms with E-state index in [4.69, 9.17) is 9.47 Å². The van der Waals surface area contributed by atoms with Gasteiger partial charge in [-0.15, -0.1) is 11.3 Å². The number of nitrogens with one attached hydrogen (secondary N) is 1. The zero-order valence-corrected chi connectivity index (χ0v) is 16.0. The first-order valence-electron chi connectivity index (χ1n) is 7.97. The second-order valence-corrected chi connectivity index (χ2v) is 6.09. The van der Waals surface area contributed by atoms with E-state index in [0.717, 1.165) is 24.5 Å². The van der Waals surface area contributed by atoms with Gasteiger partial charge in [-0.1, -0.05) is 0 Å². The number of esters is 1. The van der Waals surface area contributed by atoms with E-state index in [2.05, 4.69) is 15.0 Å². The number of ether oxygens (including phenoxy) is 3. The Bertz CT molecular complexity index is 920. The lowest BCUT2D eigenvalue weighted by Crippen LogP contribution is -2.15. The number of carbonyl (C=O) groups is 2. The predicted octanol–water partition coefficient (Wildman–Crippen LogP) is 3.02. The molecule has 2 aromatic rings. The summed E-state index contributed by atoms with van der Waals surface area (Å²) in [4.78, 5) is 38.4. The van der Waals surface area contributed by atoms with Gasteiger partial charge in [0.15, 0.2) is 16.6 Å². The van der Waals surface area contributed by atoms with Gasteiger partial charge in [0.25, 0.3) is 11.6 Å². The van der Waals surface area contributed by atoms with Gasteiger partial charge in [-0.25, -0.2) is 4.98 Å². The van der Waals surface area contributed by atoms with Crippen molar-refractivity contribution >= 4 is 34.0 Å². The second-order valence-electron chi connectivity index (χ2n) is 5.24. The number of carbonyl (C=O) groups excluding carboxylic acids is 2. The monoisotopic (exact) mass is 431 g/mol. The zero-order chi connectivity index (χ0) is 21.6. The fourth-order valence-electron chi connectivity index (χ4n) is 2.20. The van der Waals surface area contributed by atoms with Gasteiger partial charge in [0.1, 0.15) is 5.56 Å². The van der Waals surface area contributed by atoms with E-state index in [0.29, 0.717) is 11.8 Å². The number of benzene rings is 1. The first-order valence-corrected chi connectivity index (χ1v) is 8.85. The molecule has 1 heterocycles. The van der Waals surface area contributed by atoms with Crippen molar-refractivity contribution in [3.05, 3.63) is 38.9 Å². The van der Waals surface area contributed by atoms with Crippen LogP contribution in [0.15, 0.2) is 17.5 Å². The molecule has 0 bridgehead atoms. The maximum Gasteiger partial charge on any atom is 0.387 e. The average molecular weight is 431 g/mol. The third kappa shape index (κ3) is 5.81. The number of methoxy groups -OCH3 is 1. The van der Waals surface area contributed by atoms with Crippen LogP contribution in [0.5, 0.6) is 11.5 Å². The molecule has 156 valence electrons. The van der Waals surface area contributed by atoms with Crippen LogP contribution in [-0.2, 0) is 16.0 Å². The minimum absolute atomic E-state index is 0.0791. The van der Waals surface area contributed by atoms with Crippen molar-refractivity contribution in [1.82, 2.24) is 4.98 Å². The molecule has 0 unspecified atom stereocenters. The van der Waals surface area contributed by atoms with Crippen molar-refractivity contribution in [2.45, 2.75) is 20.0 Å². The van der Waals surface area contributed by atoms with Crippen molar-refractivity contribution < 1.29 is 37.5 Å². The van der Waals surface area contributed by atoms with Crippen LogP contribution in [0.25, 0.3) is 0 Å². The first kappa shape index (κ1) is 21.9. The summed E-state index contributed by atoms with van der Waals surface area (Å²) >= 11 is 0.993. The van der Waals surface area contributed by atoms with Gasteiger partial charge in [-0.3, -0.25) is 25.0 Å². The lowest BCUT2D eigenvalue weighted by atomic mass is 10.1. The first-order chi connectivity index (χ1) is 13.7. The number of hydrogen-bond donors (Lipinski definition) is 1. The standard InChI is InChI=1S/C16H15F2N3O7S/c1-3-27-13(22)4-8-7-29-16(19-8)20-14(23)9-5-11(26-2)12(28-15(17)18)6-10(9)21(24)25/h5-7,15H,3-4H2,1-2H3,(H,19,20,23). The van der Waals surface area contributed by atoms with Crippen LogP contribution in [0.3, 0.4) is 0 Å². The molecule has 10 nitrogen and oxygen atoms in total. The molecule has 1 aromatic carbocycles. The van der Waals surface area contributed by atoms with Crippen molar-refractivity contribution in [3.8, 4) is 11.5 Å². The number of thiazole rings is 1. The number of nitro groups is 1. The van der Waals surface area contributed by atoms with E-state index in [1.165, 1.54) is 5.38 Å². The summed E-state index contributed by atoms with van der Waals surface area (Å²) in [5.41, 5.74) is -0.866. The lowest BCUT2D eigenvalue weighted by Gasteiger charge is -2.11. The number of hydrogen-bond acceptors (Lipinski definition) is 9. The molecule has 0 saturated heterocycles. The van der Waals surface area contributed by atoms with Gasteiger partial charge in [-0.2, -0.15) is 8.78 Å². The molecule has 1 amide bonds. The third-order valence-corrected chi connectivity index (χ3v) is 4.15. The molecule has 0 aliphatic rings. The minimum atomic E-state index is -3.24. The summed E-state index contributed by atoms with van der Waals surface area (Å²) in [7, 11) is 1.13. The Hall–Kier alpha value is -3.35. The summed E-state index contributed by atoms with van der Waals surface area (Å²) in [6.45, 7) is -1.37. The Morgan fingerprint density at radius 1 is 1.34 bits per heavy atom. The van der Waals surface area contributed by atoms with Crippen LogP contribution >= 0.6 is 11.3 Å². The Morgan fingerprint density at radius 2 is 2.07 bits per heavy atom. The molecule has 29 heavy (non-hydrogen) atoms. The number of anilines is 1. The van der Waals surface area contributed by atoms with Crippen molar-refractivity contribution in [3.63, 3.8) is 0 Å². The molecule has 2 rings (SSSR count). The van der Waals surface area contributed by atoms with E-state index < -0.39 is 40.4 Å². The van der Waals surface area contributed by atoms with E-state index in [-0.39, 0.29) is 23.9 Å². The molecule has 0 atom stereocenters. The van der Waals surface area contributed by atoms with Crippen molar-refractivity contribution in [2.75, 3.05) is 19.0 Å². The van der Waals surface area contributed by atoms with Crippen LogP contribution in [0.2, 0.25) is 0 Å². The number of aromatic nitrogens is 1. The fourth-order valence-corrected chi connectivity index (χ4v) is 2.90. The molecule has 0 fully saturated rings.